The molecule has 0 radical (unpaired) electrons. The molecule has 1 aromatic carbocycles. The van der Waals surface area contributed by atoms with E-state index in [-0.39, 0.29) is 30.0 Å². The number of benzene rings is 1. The van der Waals surface area contributed by atoms with Crippen LogP contribution in [0.1, 0.15) is 13.8 Å². The van der Waals surface area contributed by atoms with Crippen LogP contribution in [0.2, 0.25) is 0 Å². The highest BCUT2D eigenvalue weighted by Gasteiger charge is 2.25. The first-order valence-corrected chi connectivity index (χ1v) is 9.21. The average Bonchev–Trinajstić information content (AvgIpc) is 2.72. The van der Waals surface area contributed by atoms with Crippen molar-refractivity contribution in [3.8, 4) is 11.1 Å². The highest BCUT2D eigenvalue weighted by atomic mass is 19.1. The summed E-state index contributed by atoms with van der Waals surface area (Å²) in [6.07, 6.45) is 3.70. The van der Waals surface area contributed by atoms with Gasteiger partial charge in [0.05, 0.1) is 31.0 Å². The maximum atomic E-state index is 15.3. The van der Waals surface area contributed by atoms with E-state index in [9.17, 15) is 18.4 Å². The van der Waals surface area contributed by atoms with Crippen molar-refractivity contribution in [1.29, 1.82) is 0 Å². The molecule has 0 bridgehead atoms. The normalized spacial score (nSPS) is 10.3. The van der Waals surface area contributed by atoms with Gasteiger partial charge in [0.1, 0.15) is 12.5 Å². The Morgan fingerprint density at radius 3 is 2.17 bits per heavy atom. The van der Waals surface area contributed by atoms with Crippen LogP contribution in [0.25, 0.3) is 11.1 Å². The van der Waals surface area contributed by atoms with Gasteiger partial charge < -0.3 is 14.4 Å². The van der Waals surface area contributed by atoms with Crippen LogP contribution in [0.4, 0.5) is 18.9 Å². The Morgan fingerprint density at radius 2 is 1.63 bits per heavy atom. The summed E-state index contributed by atoms with van der Waals surface area (Å²) in [6.45, 7) is 1.71. The second-order valence-corrected chi connectivity index (χ2v) is 5.86. The first-order chi connectivity index (χ1) is 14.4. The summed E-state index contributed by atoms with van der Waals surface area (Å²) in [5, 5.41) is 0. The van der Waals surface area contributed by atoms with Gasteiger partial charge in [-0.05, 0) is 43.7 Å². The third-order valence-corrected chi connectivity index (χ3v) is 3.95. The zero-order valence-corrected chi connectivity index (χ0v) is 16.5. The van der Waals surface area contributed by atoms with Crippen LogP contribution in [-0.4, -0.2) is 43.4 Å². The second kappa shape index (κ2) is 11.0. The van der Waals surface area contributed by atoms with Crippen LogP contribution in [0.15, 0.2) is 48.4 Å². The highest BCUT2D eigenvalue weighted by Crippen LogP contribution is 2.32. The number of carbonyl (C=O) groups excluding carboxylic acids is 2. The van der Waals surface area contributed by atoms with Gasteiger partial charge >= 0.3 is 11.9 Å². The van der Waals surface area contributed by atoms with Gasteiger partial charge in [-0.3, -0.25) is 4.98 Å². The fourth-order valence-electron chi connectivity index (χ4n) is 2.65. The molecular formula is C21H21F3N2O4. The zero-order valence-electron chi connectivity index (χ0n) is 16.5. The van der Waals surface area contributed by atoms with Crippen molar-refractivity contribution in [2.24, 2.45) is 0 Å². The standard InChI is InChI=1S/C21H21F3N2O4/c1-3-29-20(27)15(21(28)30-4-2)13-26(12-9-22)17-6-5-16(23)18(19(17)24)14-7-10-25-11-8-14/h5-8,10-11,13H,3-4,9,12H2,1-2H3. The molecule has 2 aromatic rings. The molecule has 0 saturated heterocycles. The minimum atomic E-state index is -1.00. The largest absolute Gasteiger partial charge is 0.462 e. The average molecular weight is 422 g/mol. The fourth-order valence-corrected chi connectivity index (χ4v) is 2.65. The molecule has 2 rings (SSSR count). The Labute approximate surface area is 171 Å². The number of halogens is 3. The van der Waals surface area contributed by atoms with Crippen molar-refractivity contribution in [3.63, 3.8) is 0 Å². The molecule has 0 saturated carbocycles. The third kappa shape index (κ3) is 5.37. The summed E-state index contributed by atoms with van der Waals surface area (Å²) in [6, 6.07) is 4.95. The van der Waals surface area contributed by atoms with Gasteiger partial charge in [-0.1, -0.05) is 0 Å². The minimum absolute atomic E-state index is 0.0181. The Balaban J connectivity index is 2.59. The lowest BCUT2D eigenvalue weighted by atomic mass is 10.0. The molecule has 0 aliphatic rings. The van der Waals surface area contributed by atoms with Crippen LogP contribution in [0, 0.1) is 11.6 Å². The Kier molecular flexibility index (Phi) is 8.40. The van der Waals surface area contributed by atoms with Gasteiger partial charge in [0.25, 0.3) is 0 Å². The molecule has 9 heteroatoms. The summed E-state index contributed by atoms with van der Waals surface area (Å²) in [5.74, 6) is -3.83. The van der Waals surface area contributed by atoms with E-state index in [0.717, 1.165) is 23.2 Å². The fraction of sp³-hybridized carbons (Fsp3) is 0.286. The summed E-state index contributed by atoms with van der Waals surface area (Å²) in [7, 11) is 0. The number of ether oxygens (including phenoxy) is 2. The van der Waals surface area contributed by atoms with Crippen LogP contribution < -0.4 is 4.90 Å². The van der Waals surface area contributed by atoms with Crippen LogP contribution in [0.3, 0.4) is 0 Å². The first-order valence-electron chi connectivity index (χ1n) is 9.21. The van der Waals surface area contributed by atoms with Crippen molar-refractivity contribution in [3.05, 3.63) is 60.1 Å². The van der Waals surface area contributed by atoms with Gasteiger partial charge in [0.15, 0.2) is 11.4 Å². The number of carbonyl (C=O) groups is 2. The Morgan fingerprint density at radius 1 is 1.03 bits per heavy atom. The lowest BCUT2D eigenvalue weighted by Crippen LogP contribution is -2.26. The molecule has 0 fully saturated rings. The minimum Gasteiger partial charge on any atom is -0.462 e. The molecule has 0 unspecified atom stereocenters. The third-order valence-electron chi connectivity index (χ3n) is 3.95. The lowest BCUT2D eigenvalue weighted by molar-refractivity contribution is -0.146. The number of anilines is 1. The van der Waals surface area contributed by atoms with Gasteiger partial charge in [0, 0.05) is 18.6 Å². The summed E-state index contributed by atoms with van der Waals surface area (Å²) < 4.78 is 52.5. The predicted octanol–water partition coefficient (Wildman–Crippen LogP) is 3.81. The number of esters is 2. The maximum Gasteiger partial charge on any atom is 0.347 e. The number of hydrogen-bond acceptors (Lipinski definition) is 6. The van der Waals surface area contributed by atoms with E-state index in [2.05, 4.69) is 4.98 Å². The molecule has 1 heterocycles. The molecule has 0 aliphatic heterocycles. The molecule has 6 nitrogen and oxygen atoms in total. The molecular weight excluding hydrogens is 401 g/mol. The van der Waals surface area contributed by atoms with Gasteiger partial charge in [-0.2, -0.15) is 0 Å². The van der Waals surface area contributed by atoms with E-state index >= 15 is 4.39 Å². The summed E-state index contributed by atoms with van der Waals surface area (Å²) in [5.41, 5.74) is -0.892. The number of rotatable bonds is 9. The maximum absolute atomic E-state index is 15.3. The molecule has 1 aromatic heterocycles. The summed E-state index contributed by atoms with van der Waals surface area (Å²) >= 11 is 0. The molecule has 0 spiro atoms. The smallest absolute Gasteiger partial charge is 0.347 e. The molecule has 0 atom stereocenters. The Bertz CT molecular complexity index is 900. The van der Waals surface area contributed by atoms with Gasteiger partial charge in [0.2, 0.25) is 0 Å². The number of aromatic nitrogens is 1. The monoisotopic (exact) mass is 422 g/mol. The first kappa shape index (κ1) is 22.9. The number of nitrogens with zero attached hydrogens (tertiary/aromatic N) is 2. The van der Waals surface area contributed by atoms with E-state index < -0.39 is 42.4 Å². The van der Waals surface area contributed by atoms with E-state index in [4.69, 9.17) is 9.47 Å². The molecule has 30 heavy (non-hydrogen) atoms. The second-order valence-electron chi connectivity index (χ2n) is 5.86. The molecule has 160 valence electrons. The number of hydrogen-bond donors (Lipinski definition) is 0. The van der Waals surface area contributed by atoms with E-state index in [0.29, 0.717) is 0 Å². The van der Waals surface area contributed by atoms with E-state index in [1.807, 2.05) is 0 Å². The predicted molar refractivity (Wildman–Crippen MR) is 104 cm³/mol. The number of pyridine rings is 1. The SMILES string of the molecule is CCOC(=O)C(=CN(CCF)c1ccc(F)c(-c2ccncc2)c1F)C(=O)OCC. The van der Waals surface area contributed by atoms with E-state index in [1.54, 1.807) is 13.8 Å². The molecule has 0 aliphatic carbocycles. The number of alkyl halides is 1. The zero-order chi connectivity index (χ0) is 22.1. The Hall–Kier alpha value is -3.36. The van der Waals surface area contributed by atoms with Crippen molar-refractivity contribution in [2.75, 3.05) is 31.3 Å². The van der Waals surface area contributed by atoms with Crippen LogP contribution in [-0.2, 0) is 19.1 Å². The van der Waals surface area contributed by atoms with Gasteiger partial charge in [-0.15, -0.1) is 0 Å². The highest BCUT2D eigenvalue weighted by molar-refractivity contribution is 6.14. The quantitative estimate of drug-likeness (QED) is 0.265. The van der Waals surface area contributed by atoms with Crippen molar-refractivity contribution >= 4 is 17.6 Å². The topological polar surface area (TPSA) is 68.7 Å². The van der Waals surface area contributed by atoms with Crippen molar-refractivity contribution < 1.29 is 32.2 Å². The lowest BCUT2D eigenvalue weighted by Gasteiger charge is -2.22. The van der Waals surface area contributed by atoms with Crippen molar-refractivity contribution in [2.45, 2.75) is 13.8 Å². The van der Waals surface area contributed by atoms with E-state index in [1.165, 1.54) is 24.5 Å². The summed E-state index contributed by atoms with van der Waals surface area (Å²) in [4.78, 5) is 29.2. The van der Waals surface area contributed by atoms with Crippen molar-refractivity contribution in [1.82, 2.24) is 4.98 Å². The van der Waals surface area contributed by atoms with Crippen LogP contribution >= 0.6 is 0 Å². The van der Waals surface area contributed by atoms with Crippen LogP contribution in [0.5, 0.6) is 0 Å². The molecule has 0 N–H and O–H groups in total. The molecule has 0 amide bonds. The van der Waals surface area contributed by atoms with Gasteiger partial charge in [-0.25, -0.2) is 22.8 Å².